The van der Waals surface area contributed by atoms with Crippen molar-refractivity contribution in [2.24, 2.45) is 11.7 Å². The molecule has 2 N–H and O–H groups in total. The number of hydrogen-bond donors (Lipinski definition) is 1. The quantitative estimate of drug-likeness (QED) is 0.866. The minimum absolute atomic E-state index is 0.274. The molecule has 1 aliphatic carbocycles. The molecule has 2 rings (SSSR count). The maximum absolute atomic E-state index is 11.6. The molecule has 1 heterocycles. The van der Waals surface area contributed by atoms with E-state index in [0.29, 0.717) is 18.4 Å². The second-order valence-electron chi connectivity index (χ2n) is 5.52. The maximum Gasteiger partial charge on any atom is 0.228 e. The van der Waals surface area contributed by atoms with Crippen molar-refractivity contribution in [2.75, 3.05) is 6.61 Å². The first-order chi connectivity index (χ1) is 8.45. The van der Waals surface area contributed by atoms with Crippen LogP contribution in [0.2, 0.25) is 0 Å². The molecule has 1 saturated carbocycles. The van der Waals surface area contributed by atoms with Gasteiger partial charge in [0.1, 0.15) is 0 Å². The van der Waals surface area contributed by atoms with Crippen LogP contribution in [-0.4, -0.2) is 17.5 Å². The smallest absolute Gasteiger partial charge is 0.228 e. The van der Waals surface area contributed by atoms with E-state index >= 15 is 0 Å². The van der Waals surface area contributed by atoms with E-state index in [9.17, 15) is 4.79 Å². The summed E-state index contributed by atoms with van der Waals surface area (Å²) in [5.74, 6) is 0.708. The van der Waals surface area contributed by atoms with Gasteiger partial charge in [-0.25, -0.2) is 4.98 Å². The summed E-state index contributed by atoms with van der Waals surface area (Å²) in [6.07, 6.45) is 3.35. The van der Waals surface area contributed by atoms with E-state index in [0.717, 1.165) is 24.0 Å². The Bertz CT molecular complexity index is 465. The molecule has 4 heteroatoms. The highest BCUT2D eigenvalue weighted by atomic mass is 16.5. The summed E-state index contributed by atoms with van der Waals surface area (Å²) in [6.45, 7) is 6.71. The summed E-state index contributed by atoms with van der Waals surface area (Å²) in [5.41, 5.74) is 6.86. The first-order valence-electron chi connectivity index (χ1n) is 6.35. The number of carbonyl (C=O) groups excluding carboxylic acids is 1. The number of primary amides is 1. The molecule has 1 fully saturated rings. The van der Waals surface area contributed by atoms with E-state index < -0.39 is 5.41 Å². The third-order valence-corrected chi connectivity index (χ3v) is 3.28. The molecule has 98 valence electrons. The Hall–Kier alpha value is -1.58. The van der Waals surface area contributed by atoms with Gasteiger partial charge in [0.05, 0.1) is 12.0 Å². The number of hydrogen-bond acceptors (Lipinski definition) is 3. The number of amides is 1. The molecule has 0 bridgehead atoms. The Balaban J connectivity index is 2.33. The van der Waals surface area contributed by atoms with Crippen molar-refractivity contribution in [2.45, 2.75) is 39.0 Å². The Morgan fingerprint density at radius 3 is 2.72 bits per heavy atom. The molecule has 0 aliphatic heterocycles. The fraction of sp³-hybridized carbons (Fsp3) is 0.571. The minimum Gasteiger partial charge on any atom is -0.477 e. The molecule has 0 spiro atoms. The van der Waals surface area contributed by atoms with E-state index in [-0.39, 0.29) is 5.91 Å². The number of carbonyl (C=O) groups is 1. The first-order valence-corrected chi connectivity index (χ1v) is 6.35. The van der Waals surface area contributed by atoms with Crippen LogP contribution in [0.1, 0.15) is 37.8 Å². The van der Waals surface area contributed by atoms with E-state index in [1.54, 1.807) is 6.20 Å². The molecule has 0 atom stereocenters. The molecule has 0 unspecified atom stereocenters. The lowest BCUT2D eigenvalue weighted by molar-refractivity contribution is -0.120. The van der Waals surface area contributed by atoms with Crippen LogP contribution >= 0.6 is 0 Å². The zero-order chi connectivity index (χ0) is 13.3. The molecule has 1 amide bonds. The van der Waals surface area contributed by atoms with Crippen molar-refractivity contribution < 1.29 is 9.53 Å². The molecule has 0 radical (unpaired) electrons. The van der Waals surface area contributed by atoms with Crippen LogP contribution in [0, 0.1) is 12.8 Å². The van der Waals surface area contributed by atoms with Gasteiger partial charge in [-0.05, 0) is 37.3 Å². The zero-order valence-electron chi connectivity index (χ0n) is 11.2. The number of nitrogens with zero attached hydrogens (tertiary/aromatic N) is 1. The van der Waals surface area contributed by atoms with Gasteiger partial charge in [0.2, 0.25) is 11.8 Å². The number of aromatic nitrogens is 1. The van der Waals surface area contributed by atoms with Crippen molar-refractivity contribution in [1.82, 2.24) is 4.98 Å². The van der Waals surface area contributed by atoms with Crippen LogP contribution in [0.4, 0.5) is 0 Å². The Morgan fingerprint density at radius 2 is 2.22 bits per heavy atom. The molecule has 18 heavy (non-hydrogen) atoms. The maximum atomic E-state index is 11.6. The Kier molecular flexibility index (Phi) is 3.28. The third kappa shape index (κ3) is 2.33. The predicted molar refractivity (Wildman–Crippen MR) is 69.4 cm³/mol. The van der Waals surface area contributed by atoms with Crippen molar-refractivity contribution in [3.8, 4) is 5.88 Å². The number of nitrogens with two attached hydrogens (primary N) is 1. The van der Waals surface area contributed by atoms with E-state index in [4.69, 9.17) is 10.5 Å². The fourth-order valence-corrected chi connectivity index (χ4v) is 2.03. The summed E-state index contributed by atoms with van der Waals surface area (Å²) < 4.78 is 5.71. The molecule has 1 aromatic heterocycles. The standard InChI is InChI=1S/C14H20N2O2/c1-9(2)8-18-12-11(6-10(3)7-16-12)14(4-5-14)13(15)17/h6-7,9H,4-5,8H2,1-3H3,(H2,15,17). The van der Waals surface area contributed by atoms with Gasteiger partial charge < -0.3 is 10.5 Å². The second kappa shape index (κ2) is 4.59. The van der Waals surface area contributed by atoms with Gasteiger partial charge >= 0.3 is 0 Å². The highest BCUT2D eigenvalue weighted by Gasteiger charge is 2.52. The van der Waals surface area contributed by atoms with Gasteiger partial charge in [0, 0.05) is 11.8 Å². The van der Waals surface area contributed by atoms with Crippen LogP contribution < -0.4 is 10.5 Å². The fourth-order valence-electron chi connectivity index (χ4n) is 2.03. The molecule has 1 aliphatic rings. The van der Waals surface area contributed by atoms with Gasteiger partial charge in [-0.2, -0.15) is 0 Å². The summed E-state index contributed by atoms with van der Waals surface area (Å²) >= 11 is 0. The van der Waals surface area contributed by atoms with Crippen LogP contribution in [-0.2, 0) is 10.2 Å². The van der Waals surface area contributed by atoms with E-state index in [2.05, 4.69) is 18.8 Å². The summed E-state index contributed by atoms with van der Waals surface area (Å²) in [7, 11) is 0. The van der Waals surface area contributed by atoms with Crippen LogP contribution in [0.15, 0.2) is 12.3 Å². The highest BCUT2D eigenvalue weighted by Crippen LogP contribution is 2.50. The number of aryl methyl sites for hydroxylation is 1. The van der Waals surface area contributed by atoms with Crippen LogP contribution in [0.5, 0.6) is 5.88 Å². The lowest BCUT2D eigenvalue weighted by Crippen LogP contribution is -2.29. The normalized spacial score (nSPS) is 16.7. The average molecular weight is 248 g/mol. The van der Waals surface area contributed by atoms with Gasteiger partial charge in [0.15, 0.2) is 0 Å². The topological polar surface area (TPSA) is 65.2 Å². The predicted octanol–water partition coefficient (Wildman–Crippen LogP) is 1.94. The molecular weight excluding hydrogens is 228 g/mol. The molecule has 0 aromatic carbocycles. The van der Waals surface area contributed by atoms with Gasteiger partial charge in [-0.1, -0.05) is 13.8 Å². The molecular formula is C14H20N2O2. The molecule has 0 saturated heterocycles. The van der Waals surface area contributed by atoms with E-state index in [1.807, 2.05) is 13.0 Å². The van der Waals surface area contributed by atoms with Gasteiger partial charge in [-0.3, -0.25) is 4.79 Å². The monoisotopic (exact) mass is 248 g/mol. The first kappa shape index (κ1) is 12.9. The Labute approximate surface area is 108 Å². The van der Waals surface area contributed by atoms with E-state index in [1.165, 1.54) is 0 Å². The largest absolute Gasteiger partial charge is 0.477 e. The van der Waals surface area contributed by atoms with Gasteiger partial charge in [-0.15, -0.1) is 0 Å². The summed E-state index contributed by atoms with van der Waals surface area (Å²) in [5, 5.41) is 0. The Morgan fingerprint density at radius 1 is 1.56 bits per heavy atom. The van der Waals surface area contributed by atoms with Gasteiger partial charge in [0.25, 0.3) is 0 Å². The minimum atomic E-state index is -0.536. The molecule has 4 nitrogen and oxygen atoms in total. The summed E-state index contributed by atoms with van der Waals surface area (Å²) in [4.78, 5) is 15.9. The number of pyridine rings is 1. The third-order valence-electron chi connectivity index (χ3n) is 3.28. The second-order valence-corrected chi connectivity index (χ2v) is 5.52. The van der Waals surface area contributed by atoms with Crippen molar-refractivity contribution in [1.29, 1.82) is 0 Å². The number of ether oxygens (including phenoxy) is 1. The average Bonchev–Trinajstić information content (AvgIpc) is 3.08. The molecule has 1 aromatic rings. The highest BCUT2D eigenvalue weighted by molar-refractivity contribution is 5.90. The lowest BCUT2D eigenvalue weighted by Gasteiger charge is -2.17. The van der Waals surface area contributed by atoms with Crippen LogP contribution in [0.25, 0.3) is 0 Å². The van der Waals surface area contributed by atoms with Crippen molar-refractivity contribution >= 4 is 5.91 Å². The van der Waals surface area contributed by atoms with Crippen LogP contribution in [0.3, 0.4) is 0 Å². The number of rotatable bonds is 5. The SMILES string of the molecule is Cc1cnc(OCC(C)C)c(C2(C(N)=O)CC2)c1. The zero-order valence-corrected chi connectivity index (χ0v) is 11.2. The van der Waals surface area contributed by atoms with Crippen molar-refractivity contribution in [3.05, 3.63) is 23.4 Å². The van der Waals surface area contributed by atoms with Crippen molar-refractivity contribution in [3.63, 3.8) is 0 Å². The summed E-state index contributed by atoms with van der Waals surface area (Å²) in [6, 6.07) is 1.97. The lowest BCUT2D eigenvalue weighted by atomic mass is 9.95.